The molecule has 2 aromatic rings. The molecule has 3 aliphatic heterocycles. The highest BCUT2D eigenvalue weighted by atomic mass is 19.1. The second kappa shape index (κ2) is 7.13. The van der Waals surface area contributed by atoms with Gasteiger partial charge >= 0.3 is 0 Å². The highest BCUT2D eigenvalue weighted by Crippen LogP contribution is 2.54. The Balaban J connectivity index is 1.58. The molecular formula is C24H24FN3O4. The maximum Gasteiger partial charge on any atom is 0.250 e. The second-order valence-electron chi connectivity index (χ2n) is 8.98. The van der Waals surface area contributed by atoms with Crippen LogP contribution in [0.2, 0.25) is 0 Å². The van der Waals surface area contributed by atoms with E-state index >= 15 is 0 Å². The molecule has 2 aromatic carbocycles. The number of nitrogens with zero attached hydrogens (tertiary/aromatic N) is 1. The molecule has 5 rings (SSSR count). The summed E-state index contributed by atoms with van der Waals surface area (Å²) < 4.78 is 19.4. The average Bonchev–Trinajstić information content (AvgIpc) is 3.36. The Bertz CT molecular complexity index is 1130. The van der Waals surface area contributed by atoms with Crippen LogP contribution in [0.15, 0.2) is 42.5 Å². The van der Waals surface area contributed by atoms with Crippen LogP contribution < -0.4 is 15.4 Å². The molecule has 2 saturated heterocycles. The summed E-state index contributed by atoms with van der Waals surface area (Å²) in [5, 5.41) is 6.08. The predicted octanol–water partition coefficient (Wildman–Crippen LogP) is 2.41. The van der Waals surface area contributed by atoms with Crippen molar-refractivity contribution >= 4 is 23.4 Å². The van der Waals surface area contributed by atoms with Crippen molar-refractivity contribution in [3.05, 3.63) is 59.4 Å². The highest BCUT2D eigenvalue weighted by molar-refractivity contribution is 6.15. The molecule has 0 bridgehead atoms. The number of nitrogens with one attached hydrogen (secondary N) is 2. The van der Waals surface area contributed by atoms with Crippen molar-refractivity contribution in [2.24, 2.45) is 17.8 Å². The van der Waals surface area contributed by atoms with E-state index in [2.05, 4.69) is 10.6 Å². The van der Waals surface area contributed by atoms with Crippen LogP contribution in [0.1, 0.15) is 25.0 Å². The zero-order valence-corrected chi connectivity index (χ0v) is 18.0. The summed E-state index contributed by atoms with van der Waals surface area (Å²) in [6.07, 6.45) is 0. The molecule has 0 aliphatic carbocycles. The third kappa shape index (κ3) is 2.72. The second-order valence-corrected chi connectivity index (χ2v) is 8.98. The van der Waals surface area contributed by atoms with Crippen LogP contribution >= 0.6 is 0 Å². The summed E-state index contributed by atoms with van der Waals surface area (Å²) in [5.41, 5.74) is 0.144. The largest absolute Gasteiger partial charge is 0.497 e. The number of carbonyl (C=O) groups is 3. The number of hydrogen-bond acceptors (Lipinski definition) is 5. The number of benzene rings is 2. The summed E-state index contributed by atoms with van der Waals surface area (Å²) in [7, 11) is 1.57. The van der Waals surface area contributed by atoms with Crippen molar-refractivity contribution in [3.63, 3.8) is 0 Å². The fraction of sp³-hybridized carbons (Fsp3) is 0.375. The van der Waals surface area contributed by atoms with Crippen LogP contribution in [-0.4, -0.2) is 35.8 Å². The van der Waals surface area contributed by atoms with Crippen molar-refractivity contribution in [1.29, 1.82) is 0 Å². The Kier molecular flexibility index (Phi) is 4.60. The molecule has 8 heteroatoms. The maximum atomic E-state index is 14.2. The van der Waals surface area contributed by atoms with E-state index in [0.29, 0.717) is 17.0 Å². The van der Waals surface area contributed by atoms with Crippen LogP contribution in [0.5, 0.6) is 5.75 Å². The third-order valence-electron chi connectivity index (χ3n) is 6.92. The van der Waals surface area contributed by atoms with E-state index in [4.69, 9.17) is 4.74 Å². The molecule has 2 fully saturated rings. The van der Waals surface area contributed by atoms with Gasteiger partial charge in [-0.25, -0.2) is 4.39 Å². The van der Waals surface area contributed by atoms with Crippen LogP contribution in [0, 0.1) is 23.6 Å². The number of halogens is 1. The van der Waals surface area contributed by atoms with Gasteiger partial charge in [0.05, 0.1) is 25.5 Å². The molecule has 4 atom stereocenters. The molecule has 3 amide bonds. The van der Waals surface area contributed by atoms with Gasteiger partial charge in [0.1, 0.15) is 17.1 Å². The van der Waals surface area contributed by atoms with Gasteiger partial charge in [0.25, 0.3) is 0 Å². The lowest BCUT2D eigenvalue weighted by atomic mass is 9.76. The smallest absolute Gasteiger partial charge is 0.250 e. The third-order valence-corrected chi connectivity index (χ3v) is 6.92. The first kappa shape index (κ1) is 20.6. The molecule has 2 N–H and O–H groups in total. The first-order valence-electron chi connectivity index (χ1n) is 10.6. The number of likely N-dealkylation sites (tertiary alicyclic amines) is 1. The molecule has 7 nitrogen and oxygen atoms in total. The Morgan fingerprint density at radius 2 is 1.81 bits per heavy atom. The van der Waals surface area contributed by atoms with Crippen molar-refractivity contribution in [2.75, 3.05) is 12.4 Å². The van der Waals surface area contributed by atoms with Crippen LogP contribution in [0.25, 0.3) is 0 Å². The van der Waals surface area contributed by atoms with E-state index in [1.165, 1.54) is 23.1 Å². The number of rotatable bonds is 4. The minimum Gasteiger partial charge on any atom is -0.497 e. The fourth-order valence-electron chi connectivity index (χ4n) is 5.41. The lowest BCUT2D eigenvalue weighted by Gasteiger charge is -2.30. The van der Waals surface area contributed by atoms with Gasteiger partial charge < -0.3 is 10.1 Å². The summed E-state index contributed by atoms with van der Waals surface area (Å²) >= 11 is 0. The average molecular weight is 437 g/mol. The molecule has 0 saturated carbocycles. The molecule has 166 valence electrons. The highest BCUT2D eigenvalue weighted by Gasteiger charge is 2.70. The van der Waals surface area contributed by atoms with Gasteiger partial charge in [0, 0.05) is 17.3 Å². The number of anilines is 1. The Hall–Kier alpha value is -3.26. The maximum absolute atomic E-state index is 14.2. The quantitative estimate of drug-likeness (QED) is 0.718. The fourth-order valence-corrected chi connectivity index (χ4v) is 5.41. The van der Waals surface area contributed by atoms with Gasteiger partial charge in [-0.1, -0.05) is 26.0 Å². The molecule has 32 heavy (non-hydrogen) atoms. The number of ether oxygens (including phenoxy) is 1. The Morgan fingerprint density at radius 3 is 2.47 bits per heavy atom. The summed E-state index contributed by atoms with van der Waals surface area (Å²) in [4.78, 5) is 41.7. The molecule has 3 heterocycles. The van der Waals surface area contributed by atoms with Crippen molar-refractivity contribution in [3.8, 4) is 5.75 Å². The van der Waals surface area contributed by atoms with Crippen LogP contribution in [0.4, 0.5) is 10.1 Å². The molecule has 0 aromatic heterocycles. The van der Waals surface area contributed by atoms with Gasteiger partial charge in [0.2, 0.25) is 17.7 Å². The summed E-state index contributed by atoms with van der Waals surface area (Å²) in [5.74, 6) is -2.65. The zero-order chi connectivity index (χ0) is 22.8. The SMILES string of the molecule is COc1ccc(CN2C(=O)[C@H]3[C@@H](C2=O)[C@@]2(N[C@H]3C(C)C)C(=O)Nc3ccc(F)cc32)cc1. The summed E-state index contributed by atoms with van der Waals surface area (Å²) in [6, 6.07) is 10.8. The van der Waals surface area contributed by atoms with Crippen molar-refractivity contribution in [1.82, 2.24) is 10.2 Å². The molecular weight excluding hydrogens is 413 g/mol. The number of methoxy groups -OCH3 is 1. The standard InChI is InChI=1S/C24H24FN3O4/c1-12(2)20-18-19(24(27-20)16-10-14(25)6-9-17(16)26-23(24)31)22(30)28(21(18)29)11-13-4-7-15(32-3)8-5-13/h4-10,12,18-20,27H,11H2,1-3H3,(H,26,31)/t18-,19-,20-,24+/m0/s1. The van der Waals surface area contributed by atoms with Crippen LogP contribution in [-0.2, 0) is 26.5 Å². The van der Waals surface area contributed by atoms with E-state index in [-0.39, 0.29) is 18.4 Å². The van der Waals surface area contributed by atoms with Gasteiger partial charge in [-0.3, -0.25) is 24.6 Å². The van der Waals surface area contributed by atoms with E-state index in [9.17, 15) is 18.8 Å². The Morgan fingerprint density at radius 1 is 1.09 bits per heavy atom. The van der Waals surface area contributed by atoms with Crippen molar-refractivity contribution in [2.45, 2.75) is 32.0 Å². The van der Waals surface area contributed by atoms with E-state index in [1.54, 1.807) is 31.4 Å². The summed E-state index contributed by atoms with van der Waals surface area (Å²) in [6.45, 7) is 3.99. The number of carbonyl (C=O) groups excluding carboxylic acids is 3. The lowest BCUT2D eigenvalue weighted by molar-refractivity contribution is -0.143. The van der Waals surface area contributed by atoms with E-state index < -0.39 is 41.0 Å². The lowest BCUT2D eigenvalue weighted by Crippen LogP contribution is -2.53. The van der Waals surface area contributed by atoms with Gasteiger partial charge in [-0.2, -0.15) is 0 Å². The Labute approximate surface area is 184 Å². The number of fused-ring (bicyclic) bond motifs is 4. The number of hydrogen-bond donors (Lipinski definition) is 2. The first-order chi connectivity index (χ1) is 15.3. The van der Waals surface area contributed by atoms with Crippen LogP contribution in [0.3, 0.4) is 0 Å². The predicted molar refractivity (Wildman–Crippen MR) is 114 cm³/mol. The minimum absolute atomic E-state index is 0.0232. The normalized spacial score (nSPS) is 28.5. The molecule has 0 radical (unpaired) electrons. The topological polar surface area (TPSA) is 87.7 Å². The zero-order valence-electron chi connectivity index (χ0n) is 18.0. The molecule has 3 aliphatic rings. The number of imide groups is 1. The van der Waals surface area contributed by atoms with Gasteiger partial charge in [-0.15, -0.1) is 0 Å². The first-order valence-corrected chi connectivity index (χ1v) is 10.6. The van der Waals surface area contributed by atoms with E-state index in [1.807, 2.05) is 13.8 Å². The van der Waals surface area contributed by atoms with E-state index in [0.717, 1.165) is 5.56 Å². The van der Waals surface area contributed by atoms with Gasteiger partial charge in [0.15, 0.2) is 0 Å². The monoisotopic (exact) mass is 437 g/mol. The molecule has 1 spiro atoms. The number of amides is 3. The molecule has 0 unspecified atom stereocenters. The minimum atomic E-state index is -1.47. The van der Waals surface area contributed by atoms with Gasteiger partial charge in [-0.05, 0) is 41.8 Å². The van der Waals surface area contributed by atoms with Crippen molar-refractivity contribution < 1.29 is 23.5 Å².